The molecular weight excluding hydrogens is 312 g/mol. The zero-order valence-corrected chi connectivity index (χ0v) is 13.7. The average molecular weight is 332 g/mol. The third kappa shape index (κ3) is 4.65. The van der Waals surface area contributed by atoms with E-state index in [0.717, 1.165) is 22.4 Å². The van der Waals surface area contributed by atoms with Gasteiger partial charge in [-0.2, -0.15) is 0 Å². The first-order chi connectivity index (χ1) is 12.2. The van der Waals surface area contributed by atoms with Crippen LogP contribution in [-0.4, -0.2) is 17.6 Å². The standard InChI is InChI=1S/C20H20N4O/c21-19(17-4-2-1-3-5-17)14-23-20(25)24-18-8-6-15(7-9-18)16-10-12-22-13-11-16/h1-13,19H,14,21H2,(H2,23,24,25). The molecule has 0 fully saturated rings. The predicted octanol–water partition coefficient (Wildman–Crippen LogP) is 3.57. The Bertz CT molecular complexity index is 804. The summed E-state index contributed by atoms with van der Waals surface area (Å²) < 4.78 is 0. The lowest BCUT2D eigenvalue weighted by molar-refractivity contribution is 0.251. The molecule has 126 valence electrons. The number of benzene rings is 2. The minimum Gasteiger partial charge on any atom is -0.336 e. The molecule has 0 aliphatic rings. The second-order valence-corrected chi connectivity index (χ2v) is 5.67. The van der Waals surface area contributed by atoms with Gasteiger partial charge in [-0.1, -0.05) is 42.5 Å². The molecule has 1 aromatic heterocycles. The summed E-state index contributed by atoms with van der Waals surface area (Å²) in [6.45, 7) is 0.366. The van der Waals surface area contributed by atoms with Gasteiger partial charge >= 0.3 is 6.03 Å². The highest BCUT2D eigenvalue weighted by atomic mass is 16.2. The van der Waals surface area contributed by atoms with Crippen molar-refractivity contribution >= 4 is 11.7 Å². The van der Waals surface area contributed by atoms with Gasteiger partial charge in [-0.05, 0) is 41.0 Å². The summed E-state index contributed by atoms with van der Waals surface area (Å²) in [5.41, 5.74) is 9.94. The van der Waals surface area contributed by atoms with E-state index < -0.39 is 0 Å². The highest BCUT2D eigenvalue weighted by Gasteiger charge is 2.08. The molecule has 0 bridgehead atoms. The van der Waals surface area contributed by atoms with Crippen molar-refractivity contribution in [1.82, 2.24) is 10.3 Å². The summed E-state index contributed by atoms with van der Waals surface area (Å²) in [6, 6.07) is 20.7. The monoisotopic (exact) mass is 332 g/mol. The Labute approximate surface area is 146 Å². The Morgan fingerprint density at radius 1 is 0.920 bits per heavy atom. The van der Waals surface area contributed by atoms with Crippen LogP contribution in [0.2, 0.25) is 0 Å². The van der Waals surface area contributed by atoms with Crippen LogP contribution in [0, 0.1) is 0 Å². The zero-order valence-electron chi connectivity index (χ0n) is 13.7. The molecule has 2 aromatic carbocycles. The minimum atomic E-state index is -0.275. The number of carbonyl (C=O) groups excluding carboxylic acids is 1. The third-order valence-electron chi connectivity index (χ3n) is 3.87. The molecule has 0 aliphatic heterocycles. The molecule has 3 rings (SSSR count). The van der Waals surface area contributed by atoms with Gasteiger partial charge in [-0.3, -0.25) is 4.98 Å². The molecule has 0 spiro atoms. The second kappa shape index (κ2) is 8.08. The molecule has 1 heterocycles. The van der Waals surface area contributed by atoms with Gasteiger partial charge in [0.1, 0.15) is 0 Å². The number of anilines is 1. The number of hydrogen-bond donors (Lipinski definition) is 3. The predicted molar refractivity (Wildman–Crippen MR) is 100 cm³/mol. The van der Waals surface area contributed by atoms with E-state index in [4.69, 9.17) is 5.73 Å². The normalized spacial score (nSPS) is 11.6. The van der Waals surface area contributed by atoms with Crippen LogP contribution in [-0.2, 0) is 0 Å². The van der Waals surface area contributed by atoms with E-state index in [0.29, 0.717) is 6.54 Å². The lowest BCUT2D eigenvalue weighted by Gasteiger charge is -2.14. The van der Waals surface area contributed by atoms with E-state index in [1.807, 2.05) is 66.7 Å². The lowest BCUT2D eigenvalue weighted by atomic mass is 10.1. The van der Waals surface area contributed by atoms with Gasteiger partial charge in [0, 0.05) is 30.7 Å². The number of aromatic nitrogens is 1. The number of carbonyl (C=O) groups is 1. The van der Waals surface area contributed by atoms with E-state index in [1.165, 1.54) is 0 Å². The van der Waals surface area contributed by atoms with Crippen LogP contribution < -0.4 is 16.4 Å². The number of nitrogens with two attached hydrogens (primary N) is 1. The van der Waals surface area contributed by atoms with Crippen molar-refractivity contribution in [3.05, 3.63) is 84.7 Å². The van der Waals surface area contributed by atoms with Gasteiger partial charge in [0.05, 0.1) is 0 Å². The van der Waals surface area contributed by atoms with Crippen LogP contribution in [0.25, 0.3) is 11.1 Å². The van der Waals surface area contributed by atoms with Crippen LogP contribution in [0.5, 0.6) is 0 Å². The lowest BCUT2D eigenvalue weighted by Crippen LogP contribution is -2.34. The van der Waals surface area contributed by atoms with Gasteiger partial charge in [0.2, 0.25) is 0 Å². The van der Waals surface area contributed by atoms with E-state index in [2.05, 4.69) is 15.6 Å². The van der Waals surface area contributed by atoms with Crippen molar-refractivity contribution in [2.24, 2.45) is 5.73 Å². The summed E-state index contributed by atoms with van der Waals surface area (Å²) in [5, 5.41) is 5.60. The maximum Gasteiger partial charge on any atom is 0.319 e. The van der Waals surface area contributed by atoms with Crippen LogP contribution in [0.4, 0.5) is 10.5 Å². The van der Waals surface area contributed by atoms with Crippen LogP contribution in [0.15, 0.2) is 79.1 Å². The number of nitrogens with one attached hydrogen (secondary N) is 2. The Kier molecular flexibility index (Phi) is 5.39. The Hall–Kier alpha value is -3.18. The van der Waals surface area contributed by atoms with Crippen molar-refractivity contribution < 1.29 is 4.79 Å². The maximum atomic E-state index is 12.0. The molecule has 3 aromatic rings. The second-order valence-electron chi connectivity index (χ2n) is 5.67. The van der Waals surface area contributed by atoms with Gasteiger partial charge < -0.3 is 16.4 Å². The number of rotatable bonds is 5. The molecule has 1 atom stereocenters. The first kappa shape index (κ1) is 16.7. The number of hydrogen-bond acceptors (Lipinski definition) is 3. The van der Waals surface area contributed by atoms with E-state index in [9.17, 15) is 4.79 Å². The average Bonchev–Trinajstić information content (AvgIpc) is 2.68. The number of pyridine rings is 1. The zero-order chi connectivity index (χ0) is 17.5. The molecule has 0 saturated carbocycles. The minimum absolute atomic E-state index is 0.235. The van der Waals surface area contributed by atoms with Crippen molar-refractivity contribution in [3.63, 3.8) is 0 Å². The number of nitrogens with zero attached hydrogens (tertiary/aromatic N) is 1. The SMILES string of the molecule is NC(CNC(=O)Nc1ccc(-c2ccncc2)cc1)c1ccccc1. The summed E-state index contributed by atoms with van der Waals surface area (Å²) in [7, 11) is 0. The van der Waals surface area contributed by atoms with Gasteiger partial charge in [0.25, 0.3) is 0 Å². The Morgan fingerprint density at radius 2 is 1.56 bits per heavy atom. The smallest absolute Gasteiger partial charge is 0.319 e. The Morgan fingerprint density at radius 3 is 2.24 bits per heavy atom. The summed E-state index contributed by atoms with van der Waals surface area (Å²) in [4.78, 5) is 16.0. The molecule has 0 radical (unpaired) electrons. The molecule has 5 heteroatoms. The van der Waals surface area contributed by atoms with E-state index in [1.54, 1.807) is 12.4 Å². The number of amides is 2. The fraction of sp³-hybridized carbons (Fsp3) is 0.100. The number of urea groups is 1. The topological polar surface area (TPSA) is 80.0 Å². The van der Waals surface area contributed by atoms with E-state index in [-0.39, 0.29) is 12.1 Å². The van der Waals surface area contributed by atoms with Gasteiger partial charge in [0.15, 0.2) is 0 Å². The largest absolute Gasteiger partial charge is 0.336 e. The maximum absolute atomic E-state index is 12.0. The molecule has 0 aliphatic carbocycles. The summed E-state index contributed by atoms with van der Waals surface area (Å²) >= 11 is 0. The summed E-state index contributed by atoms with van der Waals surface area (Å²) in [6.07, 6.45) is 3.51. The van der Waals surface area contributed by atoms with Gasteiger partial charge in [-0.15, -0.1) is 0 Å². The molecule has 4 N–H and O–H groups in total. The quantitative estimate of drug-likeness (QED) is 0.668. The molecule has 1 unspecified atom stereocenters. The van der Waals surface area contributed by atoms with Gasteiger partial charge in [-0.25, -0.2) is 4.79 Å². The fourth-order valence-electron chi connectivity index (χ4n) is 2.49. The first-order valence-electron chi connectivity index (χ1n) is 8.08. The van der Waals surface area contributed by atoms with Crippen molar-refractivity contribution in [1.29, 1.82) is 0 Å². The van der Waals surface area contributed by atoms with E-state index >= 15 is 0 Å². The molecule has 2 amide bonds. The highest BCUT2D eigenvalue weighted by molar-refractivity contribution is 5.89. The molecular formula is C20H20N4O. The highest BCUT2D eigenvalue weighted by Crippen LogP contribution is 2.20. The molecule has 5 nitrogen and oxygen atoms in total. The molecule has 25 heavy (non-hydrogen) atoms. The van der Waals surface area contributed by atoms with Crippen LogP contribution >= 0.6 is 0 Å². The first-order valence-corrected chi connectivity index (χ1v) is 8.08. The van der Waals surface area contributed by atoms with Crippen LogP contribution in [0.3, 0.4) is 0 Å². The van der Waals surface area contributed by atoms with Crippen molar-refractivity contribution in [2.45, 2.75) is 6.04 Å². The van der Waals surface area contributed by atoms with Crippen molar-refractivity contribution in [3.8, 4) is 11.1 Å². The molecule has 0 saturated heterocycles. The third-order valence-corrected chi connectivity index (χ3v) is 3.87. The summed E-state index contributed by atoms with van der Waals surface area (Å²) in [5.74, 6) is 0. The Balaban J connectivity index is 1.53. The van der Waals surface area contributed by atoms with Crippen molar-refractivity contribution in [2.75, 3.05) is 11.9 Å². The fourth-order valence-corrected chi connectivity index (χ4v) is 2.49. The van der Waals surface area contributed by atoms with Crippen LogP contribution in [0.1, 0.15) is 11.6 Å².